The van der Waals surface area contributed by atoms with Crippen LogP contribution in [-0.4, -0.2) is 78.0 Å². The number of ether oxygens (including phenoxy) is 4. The highest BCUT2D eigenvalue weighted by molar-refractivity contribution is 5.95. The largest absolute Gasteiger partial charge is 0.507 e. The van der Waals surface area contributed by atoms with Crippen molar-refractivity contribution in [1.82, 2.24) is 4.90 Å². The van der Waals surface area contributed by atoms with Crippen LogP contribution in [0.15, 0.2) is 51.7 Å². The number of aliphatic hydroxyl groups excluding tert-OH is 1. The van der Waals surface area contributed by atoms with E-state index in [-0.39, 0.29) is 63.0 Å². The summed E-state index contributed by atoms with van der Waals surface area (Å²) in [5.74, 6) is 0.305. The molecule has 2 aliphatic carbocycles. The van der Waals surface area contributed by atoms with Crippen LogP contribution in [0.5, 0.6) is 40.2 Å². The Hall–Kier alpha value is -4.87. The Morgan fingerprint density at radius 3 is 2.48 bits per heavy atom. The summed E-state index contributed by atoms with van der Waals surface area (Å²) in [6.45, 7) is 3.13. The highest BCUT2D eigenvalue weighted by atomic mass is 16.5. The lowest BCUT2D eigenvalue weighted by Gasteiger charge is -2.56. The van der Waals surface area contributed by atoms with Gasteiger partial charge in [-0.2, -0.15) is 0 Å². The molecule has 3 heterocycles. The van der Waals surface area contributed by atoms with E-state index in [4.69, 9.17) is 23.4 Å². The van der Waals surface area contributed by atoms with Crippen molar-refractivity contribution in [1.29, 1.82) is 0 Å². The number of benzene rings is 3. The number of hydrogen-bond acceptors (Lipinski definition) is 11. The van der Waals surface area contributed by atoms with Gasteiger partial charge in [0.1, 0.15) is 40.4 Å². The molecule has 8 rings (SSSR count). The lowest BCUT2D eigenvalue weighted by Crippen LogP contribution is -2.64. The third-order valence-corrected chi connectivity index (χ3v) is 10.7. The second kappa shape index (κ2) is 10.8. The van der Waals surface area contributed by atoms with Gasteiger partial charge >= 0.3 is 0 Å². The normalized spacial score (nSPS) is 25.1. The van der Waals surface area contributed by atoms with E-state index in [9.17, 15) is 25.2 Å². The molecule has 1 spiro atoms. The predicted molar refractivity (Wildman–Crippen MR) is 177 cm³/mol. The van der Waals surface area contributed by atoms with Crippen LogP contribution >= 0.6 is 0 Å². The minimum absolute atomic E-state index is 0.0248. The van der Waals surface area contributed by atoms with Crippen LogP contribution in [0.3, 0.4) is 0 Å². The Labute approximate surface area is 276 Å². The average Bonchev–Trinajstić information content (AvgIpc) is 3.43. The van der Waals surface area contributed by atoms with Crippen LogP contribution in [0.1, 0.15) is 30.9 Å². The van der Waals surface area contributed by atoms with E-state index in [0.29, 0.717) is 42.1 Å². The Balaban J connectivity index is 1.47. The molecular weight excluding hydrogens is 618 g/mol. The Bertz CT molecular complexity index is 2060. The molecule has 1 fully saturated rings. The molecular formula is C37H37NO10. The molecule has 4 N–H and O–H groups in total. The van der Waals surface area contributed by atoms with Crippen LogP contribution in [0.4, 0.5) is 0 Å². The van der Waals surface area contributed by atoms with Crippen molar-refractivity contribution in [2.75, 3.05) is 34.4 Å². The quantitative estimate of drug-likeness (QED) is 0.202. The summed E-state index contributed by atoms with van der Waals surface area (Å²) < 4.78 is 29.7. The minimum atomic E-state index is -0.870. The number of nitrogens with zero attached hydrogens (tertiary/aromatic N) is 1. The number of aromatic hydroxyl groups is 3. The van der Waals surface area contributed by atoms with Crippen molar-refractivity contribution in [3.8, 4) is 62.7 Å². The van der Waals surface area contributed by atoms with E-state index in [2.05, 4.69) is 18.0 Å². The number of aliphatic hydroxyl groups is 1. The molecule has 0 radical (unpaired) electrons. The van der Waals surface area contributed by atoms with Gasteiger partial charge in [-0.1, -0.05) is 19.1 Å². The molecule has 2 bridgehead atoms. The summed E-state index contributed by atoms with van der Waals surface area (Å²) in [6, 6.07) is 7.60. The van der Waals surface area contributed by atoms with Crippen molar-refractivity contribution < 1.29 is 43.8 Å². The van der Waals surface area contributed by atoms with Crippen LogP contribution < -0.4 is 24.4 Å². The van der Waals surface area contributed by atoms with E-state index in [1.54, 1.807) is 24.3 Å². The first-order valence-electron chi connectivity index (χ1n) is 16.2. The molecule has 48 heavy (non-hydrogen) atoms. The van der Waals surface area contributed by atoms with Crippen LogP contribution in [0, 0.1) is 5.92 Å². The Morgan fingerprint density at radius 2 is 1.77 bits per heavy atom. The van der Waals surface area contributed by atoms with Gasteiger partial charge in [-0.15, -0.1) is 0 Å². The summed E-state index contributed by atoms with van der Waals surface area (Å²) in [5.41, 5.74) is 1.47. The monoisotopic (exact) mass is 655 g/mol. The van der Waals surface area contributed by atoms with Crippen LogP contribution in [0.25, 0.3) is 33.4 Å². The maximum atomic E-state index is 14.8. The minimum Gasteiger partial charge on any atom is -0.507 e. The summed E-state index contributed by atoms with van der Waals surface area (Å²) in [6.07, 6.45) is 4.36. The zero-order valence-corrected chi connectivity index (χ0v) is 27.1. The number of likely N-dealkylation sites (tertiary alicyclic amines) is 1. The van der Waals surface area contributed by atoms with Crippen molar-refractivity contribution >= 4 is 11.0 Å². The van der Waals surface area contributed by atoms with Gasteiger partial charge in [0.25, 0.3) is 0 Å². The van der Waals surface area contributed by atoms with Gasteiger partial charge in [0.15, 0.2) is 23.0 Å². The first-order chi connectivity index (χ1) is 23.1. The van der Waals surface area contributed by atoms with E-state index in [1.807, 2.05) is 6.92 Å². The lowest BCUT2D eigenvalue weighted by molar-refractivity contribution is -0.0452. The van der Waals surface area contributed by atoms with Gasteiger partial charge < -0.3 is 48.7 Å². The van der Waals surface area contributed by atoms with Crippen molar-refractivity contribution in [3.63, 3.8) is 0 Å². The Morgan fingerprint density at radius 1 is 1.02 bits per heavy atom. The SMILES string of the molecule is CCCOc1cc(O)c2c(=O)c(-c3cc(O)c4c5c3C[C@@H]3[C@@H]6C=C[C@H](O)[C@H](O4)[C@]56CCN3C)c(-c3cc(OC)c(O)c(OC)c3)oc2c1. The summed E-state index contributed by atoms with van der Waals surface area (Å²) in [5, 5.41) is 44.7. The first kappa shape index (κ1) is 30.5. The fraction of sp³-hybridized carbons (Fsp3) is 0.378. The number of piperidine rings is 1. The van der Waals surface area contributed by atoms with Gasteiger partial charge in [-0.05, 0) is 62.2 Å². The molecule has 11 heteroatoms. The number of phenols is 3. The highest BCUT2D eigenvalue weighted by Crippen LogP contribution is 2.64. The fourth-order valence-electron chi connectivity index (χ4n) is 8.60. The molecule has 1 saturated heterocycles. The molecule has 4 aliphatic rings. The third-order valence-electron chi connectivity index (χ3n) is 10.7. The molecule has 1 aromatic heterocycles. The van der Waals surface area contributed by atoms with Crippen molar-refractivity contribution in [2.24, 2.45) is 5.92 Å². The fourth-order valence-corrected chi connectivity index (χ4v) is 8.60. The van der Waals surface area contributed by atoms with E-state index >= 15 is 0 Å². The molecule has 11 nitrogen and oxygen atoms in total. The molecule has 2 aliphatic heterocycles. The van der Waals surface area contributed by atoms with Gasteiger partial charge in [0.05, 0.1) is 26.4 Å². The van der Waals surface area contributed by atoms with Gasteiger partial charge in [-0.3, -0.25) is 4.79 Å². The number of methoxy groups -OCH3 is 2. The van der Waals surface area contributed by atoms with Crippen LogP contribution in [0.2, 0.25) is 0 Å². The molecule has 0 unspecified atom stereocenters. The molecule has 4 aromatic rings. The predicted octanol–water partition coefficient (Wildman–Crippen LogP) is 4.86. The first-order valence-corrected chi connectivity index (χ1v) is 16.2. The summed E-state index contributed by atoms with van der Waals surface area (Å²) in [7, 11) is 4.89. The van der Waals surface area contributed by atoms with Gasteiger partial charge in [0, 0.05) is 40.6 Å². The molecule has 250 valence electrons. The molecule has 0 saturated carbocycles. The number of likely N-dealkylation sites (N-methyl/N-ethyl adjacent to an activating group) is 1. The second-order valence-corrected chi connectivity index (χ2v) is 13.1. The molecule has 0 amide bonds. The lowest BCUT2D eigenvalue weighted by atomic mass is 9.53. The number of rotatable bonds is 7. The number of phenolic OH excluding ortho intramolecular Hbond substituents is 3. The van der Waals surface area contributed by atoms with E-state index < -0.39 is 23.1 Å². The number of hydrogen-bond donors (Lipinski definition) is 4. The van der Waals surface area contributed by atoms with Gasteiger partial charge in [0.2, 0.25) is 11.2 Å². The second-order valence-electron chi connectivity index (χ2n) is 13.1. The summed E-state index contributed by atoms with van der Waals surface area (Å²) >= 11 is 0. The molecule has 3 aromatic carbocycles. The Kier molecular flexibility index (Phi) is 6.87. The van der Waals surface area contributed by atoms with E-state index in [1.165, 1.54) is 26.4 Å². The van der Waals surface area contributed by atoms with Crippen molar-refractivity contribution in [3.05, 3.63) is 63.8 Å². The zero-order chi connectivity index (χ0) is 33.6. The standard InChI is InChI=1S/C37H37NO10/c1-5-10-46-18-13-24(40)30-26(14-18)47-34(17-11-27(44-3)32(42)28(12-17)45-4)29(33(30)43)19-16-25(41)35-31-20(19)15-22-21-6-7-23(39)36(48-35)37(21,31)8-9-38(22)2/h6-7,11-14,16,21-23,36,39-42H,5,8-10,15H2,1-4H3/t21-,22+,23-,36-,37-/m0/s1. The molecule has 5 atom stereocenters. The highest BCUT2D eigenvalue weighted by Gasteiger charge is 2.64. The summed E-state index contributed by atoms with van der Waals surface area (Å²) in [4.78, 5) is 17.1. The number of fused-ring (bicyclic) bond motifs is 1. The zero-order valence-electron chi connectivity index (χ0n) is 27.1. The van der Waals surface area contributed by atoms with Crippen LogP contribution in [-0.2, 0) is 11.8 Å². The van der Waals surface area contributed by atoms with E-state index in [0.717, 1.165) is 24.1 Å². The third kappa shape index (κ3) is 4.03. The maximum absolute atomic E-state index is 14.8. The maximum Gasteiger partial charge on any atom is 0.204 e. The van der Waals surface area contributed by atoms with Crippen molar-refractivity contribution in [2.45, 2.75) is 49.9 Å². The topological polar surface area (TPSA) is 151 Å². The average molecular weight is 656 g/mol. The van der Waals surface area contributed by atoms with Gasteiger partial charge in [-0.25, -0.2) is 0 Å². The smallest absolute Gasteiger partial charge is 0.204 e.